The van der Waals surface area contributed by atoms with Crippen LogP contribution in [0.3, 0.4) is 0 Å². The Balaban J connectivity index is 1.58. The van der Waals surface area contributed by atoms with Gasteiger partial charge in [0.1, 0.15) is 5.58 Å². The van der Waals surface area contributed by atoms with Crippen molar-refractivity contribution in [3.63, 3.8) is 0 Å². The number of hydrogen-bond acceptors (Lipinski definition) is 5. The molecule has 3 aromatic rings. The van der Waals surface area contributed by atoms with Crippen LogP contribution in [0.15, 0.2) is 59.2 Å². The van der Waals surface area contributed by atoms with Crippen molar-refractivity contribution in [3.05, 3.63) is 65.9 Å². The minimum Gasteiger partial charge on any atom is -0.464 e. The third-order valence-electron chi connectivity index (χ3n) is 6.32. The zero-order valence-corrected chi connectivity index (χ0v) is 17.6. The Kier molecular flexibility index (Phi) is 6.37. The molecule has 0 radical (unpaired) electrons. The first-order valence-electron chi connectivity index (χ1n) is 10.8. The van der Waals surface area contributed by atoms with Gasteiger partial charge in [0, 0.05) is 42.8 Å². The second-order valence-electron chi connectivity index (χ2n) is 8.28. The van der Waals surface area contributed by atoms with Crippen LogP contribution in [0.1, 0.15) is 37.3 Å². The number of nitriles is 1. The molecule has 5 heteroatoms. The quantitative estimate of drug-likeness (QED) is 0.629. The van der Waals surface area contributed by atoms with Crippen LogP contribution in [0.25, 0.3) is 11.0 Å². The number of furan rings is 1. The third-order valence-corrected chi connectivity index (χ3v) is 6.32. The number of rotatable bonds is 7. The van der Waals surface area contributed by atoms with Crippen molar-refractivity contribution in [1.82, 2.24) is 4.90 Å². The molecule has 2 heterocycles. The minimum absolute atomic E-state index is 0.460. The van der Waals surface area contributed by atoms with Crippen molar-refractivity contribution >= 4 is 16.7 Å². The van der Waals surface area contributed by atoms with Gasteiger partial charge in [0.25, 0.3) is 0 Å². The van der Waals surface area contributed by atoms with Gasteiger partial charge in [-0.15, -0.1) is 0 Å². The minimum atomic E-state index is 0.460. The molecule has 2 aromatic carbocycles. The number of fused-ring (bicyclic) bond motifs is 1. The molecule has 156 valence electrons. The van der Waals surface area contributed by atoms with Gasteiger partial charge in [-0.05, 0) is 74.7 Å². The van der Waals surface area contributed by atoms with E-state index in [4.69, 9.17) is 10.2 Å². The summed E-state index contributed by atoms with van der Waals surface area (Å²) in [5, 5.41) is 10.4. The third kappa shape index (κ3) is 4.51. The Morgan fingerprint density at radius 3 is 2.80 bits per heavy atom. The van der Waals surface area contributed by atoms with E-state index in [0.717, 1.165) is 56.4 Å². The van der Waals surface area contributed by atoms with Gasteiger partial charge in [-0.1, -0.05) is 12.1 Å². The molecule has 2 N–H and O–H groups in total. The number of benzene rings is 2. The van der Waals surface area contributed by atoms with E-state index in [2.05, 4.69) is 47.1 Å². The first-order chi connectivity index (χ1) is 14.7. The highest BCUT2D eigenvalue weighted by molar-refractivity contribution is 5.81. The lowest BCUT2D eigenvalue weighted by atomic mass is 9.99. The molecule has 1 saturated heterocycles. The van der Waals surface area contributed by atoms with Gasteiger partial charge in [0.2, 0.25) is 0 Å². The van der Waals surface area contributed by atoms with E-state index >= 15 is 0 Å². The summed E-state index contributed by atoms with van der Waals surface area (Å²) >= 11 is 0. The van der Waals surface area contributed by atoms with Crippen molar-refractivity contribution in [1.29, 1.82) is 5.26 Å². The Bertz CT molecular complexity index is 1010. The van der Waals surface area contributed by atoms with E-state index in [0.29, 0.717) is 17.6 Å². The molecule has 1 atom stereocenters. The normalized spacial score (nSPS) is 16.4. The van der Waals surface area contributed by atoms with Gasteiger partial charge in [-0.3, -0.25) is 0 Å². The summed E-state index contributed by atoms with van der Waals surface area (Å²) in [6.45, 7) is 6.00. The zero-order chi connectivity index (χ0) is 20.9. The summed E-state index contributed by atoms with van der Waals surface area (Å²) in [6.07, 6.45) is 5.03. The van der Waals surface area contributed by atoms with Crippen LogP contribution in [0.2, 0.25) is 0 Å². The first kappa shape index (κ1) is 20.5. The standard InChI is InChI=1S/C25H30N4O/c1-19(7-11-26)28-12-8-23(9-13-28)29(18-21-4-2-3-20(15-21)17-27)24-5-6-25-22(16-24)10-14-30-25/h2-6,10,14-16,19,23H,7-9,11-13,18,26H2,1H3. The van der Waals surface area contributed by atoms with Crippen molar-refractivity contribution in [2.24, 2.45) is 5.73 Å². The van der Waals surface area contributed by atoms with Crippen LogP contribution in [-0.4, -0.2) is 36.6 Å². The molecule has 1 unspecified atom stereocenters. The molecule has 1 fully saturated rings. The van der Waals surface area contributed by atoms with Crippen LogP contribution in [0.5, 0.6) is 0 Å². The Hall–Kier alpha value is -2.81. The molecule has 0 spiro atoms. The number of piperidine rings is 1. The van der Waals surface area contributed by atoms with Crippen LogP contribution < -0.4 is 10.6 Å². The Labute approximate surface area is 178 Å². The van der Waals surface area contributed by atoms with Gasteiger partial charge in [0.15, 0.2) is 0 Å². The van der Waals surface area contributed by atoms with E-state index < -0.39 is 0 Å². The van der Waals surface area contributed by atoms with E-state index in [-0.39, 0.29) is 0 Å². The summed E-state index contributed by atoms with van der Waals surface area (Å²) in [5.41, 5.74) is 9.77. The molecule has 0 aliphatic carbocycles. The lowest BCUT2D eigenvalue weighted by Gasteiger charge is -2.42. The highest BCUT2D eigenvalue weighted by Gasteiger charge is 2.27. The van der Waals surface area contributed by atoms with Gasteiger partial charge in [-0.2, -0.15) is 5.26 Å². The predicted molar refractivity (Wildman–Crippen MR) is 121 cm³/mol. The van der Waals surface area contributed by atoms with Crippen molar-refractivity contribution in [2.45, 2.75) is 44.8 Å². The highest BCUT2D eigenvalue weighted by atomic mass is 16.3. The monoisotopic (exact) mass is 402 g/mol. The predicted octanol–water partition coefficient (Wildman–Crippen LogP) is 4.51. The maximum Gasteiger partial charge on any atom is 0.133 e. The van der Waals surface area contributed by atoms with Crippen molar-refractivity contribution in [2.75, 3.05) is 24.5 Å². The van der Waals surface area contributed by atoms with Gasteiger partial charge < -0.3 is 20.0 Å². The molecule has 30 heavy (non-hydrogen) atoms. The van der Waals surface area contributed by atoms with Gasteiger partial charge >= 0.3 is 0 Å². The first-order valence-corrected chi connectivity index (χ1v) is 10.8. The largest absolute Gasteiger partial charge is 0.464 e. The van der Waals surface area contributed by atoms with Gasteiger partial charge in [-0.25, -0.2) is 0 Å². The SMILES string of the molecule is CC(CCN)N1CCC(N(Cc2cccc(C#N)c2)c2ccc3occc3c2)CC1. The number of likely N-dealkylation sites (tertiary alicyclic amines) is 1. The van der Waals surface area contributed by atoms with E-state index in [1.807, 2.05) is 24.3 Å². The molecule has 0 bridgehead atoms. The lowest BCUT2D eigenvalue weighted by Crippen LogP contribution is -2.47. The van der Waals surface area contributed by atoms with E-state index in [1.54, 1.807) is 6.26 Å². The molecule has 5 nitrogen and oxygen atoms in total. The van der Waals surface area contributed by atoms with Crippen LogP contribution >= 0.6 is 0 Å². The van der Waals surface area contributed by atoms with Crippen LogP contribution in [0, 0.1) is 11.3 Å². The fourth-order valence-electron chi connectivity index (χ4n) is 4.56. The molecular weight excluding hydrogens is 372 g/mol. The summed E-state index contributed by atoms with van der Waals surface area (Å²) < 4.78 is 5.54. The van der Waals surface area contributed by atoms with Gasteiger partial charge in [0.05, 0.1) is 17.9 Å². The smallest absolute Gasteiger partial charge is 0.133 e. The highest BCUT2D eigenvalue weighted by Crippen LogP contribution is 2.30. The fraction of sp³-hybridized carbons (Fsp3) is 0.400. The molecule has 4 rings (SSSR count). The second-order valence-corrected chi connectivity index (χ2v) is 8.28. The summed E-state index contributed by atoms with van der Waals surface area (Å²) in [4.78, 5) is 5.07. The average Bonchev–Trinajstić information content (AvgIpc) is 3.26. The molecule has 0 saturated carbocycles. The summed E-state index contributed by atoms with van der Waals surface area (Å²) in [6, 6.07) is 19.7. The molecule has 0 amide bonds. The molecule has 1 aliphatic heterocycles. The lowest BCUT2D eigenvalue weighted by molar-refractivity contribution is 0.154. The Morgan fingerprint density at radius 2 is 2.03 bits per heavy atom. The number of hydrogen-bond donors (Lipinski definition) is 1. The maximum atomic E-state index is 9.29. The Morgan fingerprint density at radius 1 is 1.20 bits per heavy atom. The fourth-order valence-corrected chi connectivity index (χ4v) is 4.56. The average molecular weight is 403 g/mol. The second kappa shape index (κ2) is 9.34. The number of nitrogens with zero attached hydrogens (tertiary/aromatic N) is 3. The topological polar surface area (TPSA) is 69.4 Å². The molecule has 1 aromatic heterocycles. The summed E-state index contributed by atoms with van der Waals surface area (Å²) in [7, 11) is 0. The van der Waals surface area contributed by atoms with Crippen molar-refractivity contribution < 1.29 is 4.42 Å². The van der Waals surface area contributed by atoms with Crippen LogP contribution in [-0.2, 0) is 6.54 Å². The van der Waals surface area contributed by atoms with E-state index in [1.165, 1.54) is 11.3 Å². The number of anilines is 1. The van der Waals surface area contributed by atoms with Crippen molar-refractivity contribution in [3.8, 4) is 6.07 Å². The van der Waals surface area contributed by atoms with E-state index in [9.17, 15) is 5.26 Å². The van der Waals surface area contributed by atoms with Crippen LogP contribution in [0.4, 0.5) is 5.69 Å². The molecular formula is C25H30N4O. The number of nitrogens with two attached hydrogens (primary N) is 1. The summed E-state index contributed by atoms with van der Waals surface area (Å²) in [5.74, 6) is 0. The molecule has 1 aliphatic rings. The zero-order valence-electron chi connectivity index (χ0n) is 17.6. The maximum absolute atomic E-state index is 9.29.